The highest BCUT2D eigenvalue weighted by Gasteiger charge is 2.45. The minimum Gasteiger partial charge on any atom is -0.410 e. The number of oxime groups is 1. The quantitative estimate of drug-likeness (QED) is 0.391. The summed E-state index contributed by atoms with van der Waals surface area (Å²) in [4.78, 5) is 0. The van der Waals surface area contributed by atoms with Crippen LogP contribution in [0.2, 0.25) is 0 Å². The Morgan fingerprint density at radius 2 is 2.08 bits per heavy atom. The summed E-state index contributed by atoms with van der Waals surface area (Å²) in [5.41, 5.74) is -0.820. The van der Waals surface area contributed by atoms with Gasteiger partial charge in [-0.15, -0.1) is 0 Å². The summed E-state index contributed by atoms with van der Waals surface area (Å²) in [6.45, 7) is 5.56. The van der Waals surface area contributed by atoms with Crippen LogP contribution in [0.5, 0.6) is 0 Å². The predicted octanol–water partition coefficient (Wildman–Crippen LogP) is 1.55. The zero-order valence-electron chi connectivity index (χ0n) is 7.30. The maximum atomic E-state index is 8.45. The summed E-state index contributed by atoms with van der Waals surface area (Å²) < 4.78 is 10.7. The second kappa shape index (κ2) is 2.87. The van der Waals surface area contributed by atoms with Crippen molar-refractivity contribution in [1.29, 1.82) is 0 Å². The van der Waals surface area contributed by atoms with Crippen LogP contribution in [-0.4, -0.2) is 28.4 Å². The third-order valence-electron chi connectivity index (χ3n) is 1.69. The van der Waals surface area contributed by atoms with Crippen molar-refractivity contribution in [2.75, 3.05) is 6.61 Å². The summed E-state index contributed by atoms with van der Waals surface area (Å²) in [6.07, 6.45) is 0. The number of rotatable bonds is 1. The Morgan fingerprint density at radius 1 is 1.50 bits per heavy atom. The molecule has 1 saturated heterocycles. The van der Waals surface area contributed by atoms with Crippen LogP contribution in [0.4, 0.5) is 0 Å². The fourth-order valence-corrected chi connectivity index (χ4v) is 1.21. The topological polar surface area (TPSA) is 51.0 Å². The van der Waals surface area contributed by atoms with E-state index in [2.05, 4.69) is 5.16 Å². The Balaban J connectivity index is 2.78. The molecular weight excluding hydrogens is 182 g/mol. The molecule has 12 heavy (non-hydrogen) atoms. The van der Waals surface area contributed by atoms with Crippen molar-refractivity contribution in [3.63, 3.8) is 0 Å². The van der Waals surface area contributed by atoms with Crippen LogP contribution in [-0.2, 0) is 9.47 Å². The summed E-state index contributed by atoms with van der Waals surface area (Å²) in [6, 6.07) is 0. The molecular formula is C7H12ClNO3. The fourth-order valence-electron chi connectivity index (χ4n) is 1.12. The van der Waals surface area contributed by atoms with Gasteiger partial charge in [-0.1, -0.05) is 16.8 Å². The Labute approximate surface area is 76.1 Å². The maximum Gasteiger partial charge on any atom is 0.179 e. The van der Waals surface area contributed by atoms with E-state index in [0.29, 0.717) is 6.61 Å². The first-order valence-electron chi connectivity index (χ1n) is 3.62. The molecule has 4 nitrogen and oxygen atoms in total. The number of hydrogen-bond donors (Lipinski definition) is 1. The molecule has 1 N–H and O–H groups in total. The van der Waals surface area contributed by atoms with Crippen molar-refractivity contribution < 1.29 is 14.7 Å². The lowest BCUT2D eigenvalue weighted by Crippen LogP contribution is -2.36. The van der Waals surface area contributed by atoms with Crippen molar-refractivity contribution in [3.05, 3.63) is 0 Å². The van der Waals surface area contributed by atoms with Crippen LogP contribution < -0.4 is 0 Å². The number of halogens is 1. The normalized spacial score (nSPS) is 35.5. The zero-order valence-corrected chi connectivity index (χ0v) is 8.05. The van der Waals surface area contributed by atoms with E-state index in [1.54, 1.807) is 20.8 Å². The van der Waals surface area contributed by atoms with Crippen molar-refractivity contribution in [2.24, 2.45) is 5.16 Å². The Kier molecular flexibility index (Phi) is 2.33. The molecule has 0 saturated carbocycles. The van der Waals surface area contributed by atoms with Crippen molar-refractivity contribution >= 4 is 16.8 Å². The lowest BCUT2D eigenvalue weighted by atomic mass is 10.1. The largest absolute Gasteiger partial charge is 0.410 e. The van der Waals surface area contributed by atoms with Crippen LogP contribution >= 0.6 is 11.6 Å². The summed E-state index contributed by atoms with van der Waals surface area (Å²) in [7, 11) is 0. The third kappa shape index (κ3) is 1.71. The molecule has 1 rings (SSSR count). The molecule has 0 bridgehead atoms. The van der Waals surface area contributed by atoms with Gasteiger partial charge in [0.1, 0.15) is 5.60 Å². The highest BCUT2D eigenvalue weighted by atomic mass is 35.5. The van der Waals surface area contributed by atoms with E-state index >= 15 is 0 Å². The van der Waals surface area contributed by atoms with E-state index in [4.69, 9.17) is 26.3 Å². The Bertz CT molecular complexity index is 217. The molecule has 0 aromatic carbocycles. The van der Waals surface area contributed by atoms with Crippen LogP contribution in [0, 0.1) is 0 Å². The first-order chi connectivity index (χ1) is 5.40. The molecule has 0 amide bonds. The lowest BCUT2D eigenvalue weighted by molar-refractivity contribution is -0.144. The molecule has 1 aliphatic rings. The fraction of sp³-hybridized carbons (Fsp3) is 0.857. The zero-order chi connectivity index (χ0) is 9.41. The first-order valence-corrected chi connectivity index (χ1v) is 4.00. The lowest BCUT2D eigenvalue weighted by Gasteiger charge is -2.22. The number of nitrogens with zero attached hydrogens (tertiary/aromatic N) is 1. The number of ether oxygens (including phenoxy) is 2. The molecule has 5 heteroatoms. The van der Waals surface area contributed by atoms with Gasteiger partial charge < -0.3 is 14.7 Å². The van der Waals surface area contributed by atoms with Gasteiger partial charge in [0.15, 0.2) is 11.0 Å². The molecule has 0 aromatic heterocycles. The van der Waals surface area contributed by atoms with Gasteiger partial charge >= 0.3 is 0 Å². The molecule has 1 unspecified atom stereocenters. The summed E-state index contributed by atoms with van der Waals surface area (Å²) in [5, 5.41) is 11.3. The van der Waals surface area contributed by atoms with Gasteiger partial charge in [-0.05, 0) is 20.8 Å². The molecule has 1 aliphatic heterocycles. The third-order valence-corrected chi connectivity index (χ3v) is 2.17. The molecule has 0 aliphatic carbocycles. The van der Waals surface area contributed by atoms with Gasteiger partial charge in [0, 0.05) is 0 Å². The minimum absolute atomic E-state index is 0.00748. The van der Waals surface area contributed by atoms with E-state index in [0.717, 1.165) is 0 Å². The van der Waals surface area contributed by atoms with Gasteiger partial charge in [-0.2, -0.15) is 0 Å². The molecule has 1 fully saturated rings. The minimum atomic E-state index is -0.820. The SMILES string of the molecule is CC1(C)OCC(C)(C(Cl)=NO)O1. The van der Waals surface area contributed by atoms with Crippen molar-refractivity contribution in [1.82, 2.24) is 0 Å². The summed E-state index contributed by atoms with van der Waals surface area (Å²) >= 11 is 5.64. The van der Waals surface area contributed by atoms with Gasteiger partial charge in [0.05, 0.1) is 6.61 Å². The van der Waals surface area contributed by atoms with E-state index in [-0.39, 0.29) is 5.17 Å². The second-order valence-electron chi connectivity index (χ2n) is 3.41. The molecule has 0 aromatic rings. The molecule has 70 valence electrons. The van der Waals surface area contributed by atoms with Crippen LogP contribution in [0.3, 0.4) is 0 Å². The van der Waals surface area contributed by atoms with E-state index in [1.165, 1.54) is 0 Å². The van der Waals surface area contributed by atoms with Crippen molar-refractivity contribution in [3.8, 4) is 0 Å². The van der Waals surface area contributed by atoms with Gasteiger partial charge in [0.25, 0.3) is 0 Å². The maximum absolute atomic E-state index is 8.45. The molecule has 0 radical (unpaired) electrons. The Hall–Kier alpha value is -0.320. The van der Waals surface area contributed by atoms with Gasteiger partial charge in [0.2, 0.25) is 0 Å². The van der Waals surface area contributed by atoms with Gasteiger partial charge in [-0.3, -0.25) is 0 Å². The highest BCUT2D eigenvalue weighted by Crippen LogP contribution is 2.32. The first kappa shape index (κ1) is 9.77. The number of hydrogen-bond acceptors (Lipinski definition) is 4. The van der Waals surface area contributed by atoms with Crippen LogP contribution in [0.25, 0.3) is 0 Å². The Morgan fingerprint density at radius 3 is 2.42 bits per heavy atom. The molecule has 1 atom stereocenters. The van der Waals surface area contributed by atoms with E-state index in [1.807, 2.05) is 0 Å². The molecule has 1 heterocycles. The van der Waals surface area contributed by atoms with Gasteiger partial charge in [-0.25, -0.2) is 0 Å². The van der Waals surface area contributed by atoms with E-state index in [9.17, 15) is 0 Å². The van der Waals surface area contributed by atoms with Crippen molar-refractivity contribution in [2.45, 2.75) is 32.2 Å². The second-order valence-corrected chi connectivity index (χ2v) is 3.77. The van der Waals surface area contributed by atoms with Crippen LogP contribution in [0.1, 0.15) is 20.8 Å². The average molecular weight is 194 g/mol. The predicted molar refractivity (Wildman–Crippen MR) is 44.6 cm³/mol. The smallest absolute Gasteiger partial charge is 0.179 e. The summed E-state index contributed by atoms with van der Waals surface area (Å²) in [5.74, 6) is -0.667. The van der Waals surface area contributed by atoms with E-state index < -0.39 is 11.4 Å². The monoisotopic (exact) mass is 193 g/mol. The van der Waals surface area contributed by atoms with Crippen LogP contribution in [0.15, 0.2) is 5.16 Å². The standard InChI is InChI=1S/C7H12ClNO3/c1-6(2)11-4-7(3,12-6)5(8)9-10/h10H,4H2,1-3H3. The average Bonchev–Trinajstić information content (AvgIpc) is 2.25. The highest BCUT2D eigenvalue weighted by molar-refractivity contribution is 6.67. The molecule has 0 spiro atoms.